The van der Waals surface area contributed by atoms with E-state index < -0.39 is 39.9 Å². The Morgan fingerprint density at radius 1 is 0.868 bits per heavy atom. The number of carbonyl (C=O) groups excluding carboxylic acids is 2. The van der Waals surface area contributed by atoms with E-state index in [0.29, 0.717) is 38.0 Å². The topological polar surface area (TPSA) is 58.2 Å². The molecule has 1 saturated carbocycles. The Kier molecular flexibility index (Phi) is 8.72. The summed E-state index contributed by atoms with van der Waals surface area (Å²) in [6, 6.07) is 15.1. The van der Waals surface area contributed by atoms with Crippen molar-refractivity contribution in [3.05, 3.63) is 86.9 Å². The molecule has 1 aliphatic rings. The second-order valence-electron chi connectivity index (χ2n) is 8.40. The molecule has 38 heavy (non-hydrogen) atoms. The smallest absolute Gasteiger partial charge is 0.326 e. The summed E-state index contributed by atoms with van der Waals surface area (Å²) in [6.45, 7) is 0. The van der Waals surface area contributed by atoms with Gasteiger partial charge in [0.05, 0.1) is 22.3 Å². The van der Waals surface area contributed by atoms with E-state index in [1.165, 1.54) is 42.5 Å². The molecule has 4 rings (SSSR count). The fourth-order valence-electron chi connectivity index (χ4n) is 3.82. The molecule has 13 heteroatoms. The molecule has 2 atom stereocenters. The second-order valence-corrected chi connectivity index (χ2v) is 12.2. The fourth-order valence-corrected chi connectivity index (χ4v) is 6.05. The Morgan fingerprint density at radius 3 is 2.08 bits per heavy atom. The molecule has 0 bridgehead atoms. The van der Waals surface area contributed by atoms with Crippen molar-refractivity contribution in [3.8, 4) is 0 Å². The van der Waals surface area contributed by atoms with E-state index in [1.54, 1.807) is 18.2 Å². The molecule has 1 aliphatic carbocycles. The molecule has 1 fully saturated rings. The van der Waals surface area contributed by atoms with Gasteiger partial charge in [-0.25, -0.2) is 0 Å². The molecule has 2 amide bonds. The molecular formula is C25H16Cl5F3N2O2S. The Morgan fingerprint density at radius 2 is 1.47 bits per heavy atom. The molecule has 2 N–H and O–H groups in total. The maximum Gasteiger partial charge on any atom is 0.398 e. The first kappa shape index (κ1) is 29.2. The van der Waals surface area contributed by atoms with Crippen molar-refractivity contribution >= 4 is 93.0 Å². The van der Waals surface area contributed by atoms with Crippen LogP contribution in [-0.2, 0) is 4.79 Å². The van der Waals surface area contributed by atoms with Gasteiger partial charge in [0, 0.05) is 32.2 Å². The number of benzene rings is 3. The molecule has 4 nitrogen and oxygen atoms in total. The zero-order valence-corrected chi connectivity index (χ0v) is 23.5. The molecule has 200 valence electrons. The molecular weight excluding hydrogens is 627 g/mol. The lowest BCUT2D eigenvalue weighted by atomic mass is 10.1. The highest BCUT2D eigenvalue weighted by atomic mass is 35.5. The number of carbonyl (C=O) groups is 2. The van der Waals surface area contributed by atoms with Gasteiger partial charge in [-0.2, -0.15) is 13.2 Å². The summed E-state index contributed by atoms with van der Waals surface area (Å²) in [6.07, 6.45) is -4.28. The van der Waals surface area contributed by atoms with Crippen molar-refractivity contribution in [1.82, 2.24) is 0 Å². The molecule has 3 aromatic rings. The minimum atomic E-state index is -4.28. The number of nitrogens with one attached hydrogen (secondary N) is 2. The Hall–Kier alpha value is -1.81. The zero-order chi connectivity index (χ0) is 27.8. The highest BCUT2D eigenvalue weighted by Gasteiger charge is 2.67. The number of rotatable bonds is 7. The highest BCUT2D eigenvalue weighted by Crippen LogP contribution is 2.65. The predicted molar refractivity (Wildman–Crippen MR) is 148 cm³/mol. The number of alkyl halides is 5. The maximum atomic E-state index is 13.0. The quantitative estimate of drug-likeness (QED) is 0.200. The first-order chi connectivity index (χ1) is 17.7. The van der Waals surface area contributed by atoms with Gasteiger partial charge in [-0.15, -0.1) is 35.0 Å². The van der Waals surface area contributed by atoms with Crippen LogP contribution in [0.2, 0.25) is 15.1 Å². The van der Waals surface area contributed by atoms with Crippen molar-refractivity contribution in [2.45, 2.75) is 21.3 Å². The molecule has 0 unspecified atom stereocenters. The zero-order valence-electron chi connectivity index (χ0n) is 18.9. The maximum absolute atomic E-state index is 13.0. The number of amides is 2. The lowest BCUT2D eigenvalue weighted by Crippen LogP contribution is -2.18. The largest absolute Gasteiger partial charge is 0.398 e. The van der Waals surface area contributed by atoms with Gasteiger partial charge in [-0.3, -0.25) is 9.59 Å². The molecule has 0 spiro atoms. The minimum absolute atomic E-state index is 0.0666. The van der Waals surface area contributed by atoms with Gasteiger partial charge < -0.3 is 10.6 Å². The number of hydrogen-bond acceptors (Lipinski definition) is 3. The van der Waals surface area contributed by atoms with Crippen LogP contribution in [0, 0.1) is 5.92 Å². The van der Waals surface area contributed by atoms with Crippen LogP contribution in [-0.4, -0.2) is 28.1 Å². The van der Waals surface area contributed by atoms with Crippen LogP contribution in [0.1, 0.15) is 21.8 Å². The number of halogens is 8. The van der Waals surface area contributed by atoms with Crippen molar-refractivity contribution in [2.75, 3.05) is 16.4 Å². The van der Waals surface area contributed by atoms with E-state index in [-0.39, 0.29) is 16.3 Å². The van der Waals surface area contributed by atoms with Gasteiger partial charge in [-0.1, -0.05) is 34.8 Å². The van der Waals surface area contributed by atoms with E-state index in [9.17, 15) is 22.8 Å². The standard InChI is InChI=1S/C25H16Cl5F3N2O2S/c26-13-7-12(8-14(27)9-13)20-21(25(20,29)30)23(37)35-16-3-6-19(28)18(10-16)22(36)34-15-1-4-17(5-2-15)38-11-24(31,32)33/h1-10,20-21H,11H2,(H,34,36)(H,35,37)/t20-,21+/m0/s1. The molecule has 3 aromatic carbocycles. The molecule has 0 saturated heterocycles. The third-order valence-corrected chi connectivity index (χ3v) is 8.36. The van der Waals surface area contributed by atoms with E-state index in [4.69, 9.17) is 58.0 Å². The third kappa shape index (κ3) is 7.03. The molecule has 0 heterocycles. The van der Waals surface area contributed by atoms with Crippen molar-refractivity contribution in [2.24, 2.45) is 5.92 Å². The monoisotopic (exact) mass is 640 g/mol. The third-order valence-electron chi connectivity index (χ3n) is 5.57. The summed E-state index contributed by atoms with van der Waals surface area (Å²) in [5.41, 5.74) is 1.32. The van der Waals surface area contributed by atoms with E-state index in [1.807, 2.05) is 0 Å². The van der Waals surface area contributed by atoms with Crippen LogP contribution >= 0.6 is 69.8 Å². The van der Waals surface area contributed by atoms with Gasteiger partial charge in [-0.05, 0) is 66.2 Å². The lowest BCUT2D eigenvalue weighted by Gasteiger charge is -2.11. The van der Waals surface area contributed by atoms with E-state index >= 15 is 0 Å². The Bertz CT molecular complexity index is 1370. The average Bonchev–Trinajstić information content (AvgIpc) is 3.40. The van der Waals surface area contributed by atoms with Gasteiger partial charge in [0.25, 0.3) is 5.91 Å². The van der Waals surface area contributed by atoms with Gasteiger partial charge in [0.2, 0.25) is 5.91 Å². The molecule has 0 radical (unpaired) electrons. The van der Waals surface area contributed by atoms with Crippen LogP contribution in [0.15, 0.2) is 65.6 Å². The van der Waals surface area contributed by atoms with Crippen molar-refractivity contribution in [1.29, 1.82) is 0 Å². The predicted octanol–water partition coefficient (Wildman–Crippen LogP) is 9.08. The van der Waals surface area contributed by atoms with Crippen LogP contribution < -0.4 is 10.6 Å². The van der Waals surface area contributed by atoms with Gasteiger partial charge in [0.1, 0.15) is 4.33 Å². The lowest BCUT2D eigenvalue weighted by molar-refractivity contribution is -0.117. The first-order valence-electron chi connectivity index (χ1n) is 10.8. The summed E-state index contributed by atoms with van der Waals surface area (Å²) in [7, 11) is 0. The Balaban J connectivity index is 1.43. The summed E-state index contributed by atoms with van der Waals surface area (Å²) in [5, 5.41) is 6.22. The number of hydrogen-bond donors (Lipinski definition) is 2. The minimum Gasteiger partial charge on any atom is -0.326 e. The van der Waals surface area contributed by atoms with E-state index in [0.717, 1.165) is 0 Å². The van der Waals surface area contributed by atoms with Crippen LogP contribution in [0.4, 0.5) is 24.5 Å². The van der Waals surface area contributed by atoms with Crippen molar-refractivity contribution in [3.63, 3.8) is 0 Å². The molecule has 0 aliphatic heterocycles. The van der Waals surface area contributed by atoms with Gasteiger partial charge >= 0.3 is 6.18 Å². The molecule has 0 aromatic heterocycles. The average molecular weight is 643 g/mol. The normalized spacial score (nSPS) is 18.1. The number of anilines is 2. The summed E-state index contributed by atoms with van der Waals surface area (Å²) in [4.78, 5) is 26.2. The summed E-state index contributed by atoms with van der Waals surface area (Å²) in [5.74, 6) is -3.42. The van der Waals surface area contributed by atoms with Gasteiger partial charge in [0.15, 0.2) is 0 Å². The second kappa shape index (κ2) is 11.4. The Labute approximate surface area is 245 Å². The van der Waals surface area contributed by atoms with Crippen LogP contribution in [0.25, 0.3) is 0 Å². The van der Waals surface area contributed by atoms with E-state index in [2.05, 4.69) is 10.6 Å². The van der Waals surface area contributed by atoms with Crippen LogP contribution in [0.5, 0.6) is 0 Å². The van der Waals surface area contributed by atoms with Crippen molar-refractivity contribution < 1.29 is 22.8 Å². The summed E-state index contributed by atoms with van der Waals surface area (Å²) < 4.78 is 35.8. The fraction of sp³-hybridized carbons (Fsp3) is 0.200. The number of thioether (sulfide) groups is 1. The highest BCUT2D eigenvalue weighted by molar-refractivity contribution is 7.99. The summed E-state index contributed by atoms with van der Waals surface area (Å²) >= 11 is 31.8. The first-order valence-corrected chi connectivity index (χ1v) is 13.7. The van der Waals surface area contributed by atoms with Crippen LogP contribution in [0.3, 0.4) is 0 Å². The SMILES string of the molecule is O=C(Nc1ccc(SCC(F)(F)F)cc1)c1cc(NC(=O)[C@H]2[C@H](c3cc(Cl)cc(Cl)c3)C2(Cl)Cl)ccc1Cl.